The molecule has 0 amide bonds. The molecule has 3 aromatic rings. The highest BCUT2D eigenvalue weighted by Crippen LogP contribution is 2.34. The van der Waals surface area contributed by atoms with E-state index in [-0.39, 0.29) is 32.6 Å². The number of nitrogens with one attached hydrogen (secondary N) is 1. The highest BCUT2D eigenvalue weighted by Gasteiger charge is 2.34. The smallest absolute Gasteiger partial charge is 0.431 e. The van der Waals surface area contributed by atoms with E-state index in [1.54, 1.807) is 20.8 Å². The first kappa shape index (κ1) is 19.2. The van der Waals surface area contributed by atoms with Crippen LogP contribution in [0.5, 0.6) is 0 Å². The summed E-state index contributed by atoms with van der Waals surface area (Å²) in [6, 6.07) is 0.958. The lowest BCUT2D eigenvalue weighted by Gasteiger charge is -2.12. The number of H-pyrrole nitrogens is 1. The molecule has 0 radical (unpaired) electrons. The van der Waals surface area contributed by atoms with Gasteiger partial charge in [0.1, 0.15) is 16.9 Å². The minimum Gasteiger partial charge on any atom is -0.438 e. The molecule has 144 valence electrons. The lowest BCUT2D eigenvalue weighted by Crippen LogP contribution is -2.36. The molecular weight excluding hydrogens is 394 g/mol. The third-order valence-corrected chi connectivity index (χ3v) is 3.94. The molecule has 2 heterocycles. The topological polar surface area (TPSA) is 80.9 Å². The predicted molar refractivity (Wildman–Crippen MR) is 88.9 cm³/mol. The van der Waals surface area contributed by atoms with Crippen LogP contribution < -0.4 is 11.2 Å². The monoisotopic (exact) mass is 405 g/mol. The van der Waals surface area contributed by atoms with Crippen LogP contribution in [0.1, 0.15) is 32.4 Å². The lowest BCUT2D eigenvalue weighted by molar-refractivity contribution is -0.141. The van der Waals surface area contributed by atoms with Gasteiger partial charge in [0.15, 0.2) is 11.4 Å². The summed E-state index contributed by atoms with van der Waals surface area (Å²) in [5.74, 6) is -0.987. The van der Waals surface area contributed by atoms with E-state index < -0.39 is 40.0 Å². The molecule has 0 aliphatic carbocycles. The number of oxazole rings is 1. The molecule has 0 aliphatic rings. The molecule has 0 atom stereocenters. The summed E-state index contributed by atoms with van der Waals surface area (Å²) in [7, 11) is 0. The average Bonchev–Trinajstić information content (AvgIpc) is 2.94. The molecular formula is C16H12ClF4N3O3. The molecule has 0 spiro atoms. The summed E-state index contributed by atoms with van der Waals surface area (Å²) in [6.45, 7) is 5.25. The van der Waals surface area contributed by atoms with Crippen molar-refractivity contribution in [2.75, 3.05) is 0 Å². The number of hydrogen-bond acceptors (Lipinski definition) is 4. The maximum atomic E-state index is 14.6. The van der Waals surface area contributed by atoms with Gasteiger partial charge in [-0.3, -0.25) is 4.79 Å². The minimum absolute atomic E-state index is 0.0239. The second-order valence-electron chi connectivity index (χ2n) is 6.80. The molecule has 0 aliphatic heterocycles. The molecule has 2 aromatic heterocycles. The van der Waals surface area contributed by atoms with E-state index in [1.165, 1.54) is 4.98 Å². The van der Waals surface area contributed by atoms with E-state index in [1.807, 2.05) is 0 Å². The summed E-state index contributed by atoms with van der Waals surface area (Å²) in [5, 5.41) is -0.137. The zero-order valence-electron chi connectivity index (χ0n) is 14.2. The number of halogens is 5. The van der Waals surface area contributed by atoms with E-state index in [0.717, 1.165) is 6.07 Å². The Morgan fingerprint density at radius 1 is 1.19 bits per heavy atom. The van der Waals surface area contributed by atoms with Crippen LogP contribution >= 0.6 is 11.6 Å². The minimum atomic E-state index is -4.95. The van der Waals surface area contributed by atoms with Crippen molar-refractivity contribution < 1.29 is 22.0 Å². The molecule has 0 saturated heterocycles. The number of aromatic nitrogens is 3. The summed E-state index contributed by atoms with van der Waals surface area (Å²) in [5.41, 5.74) is -6.05. The van der Waals surface area contributed by atoms with E-state index in [9.17, 15) is 27.2 Å². The highest BCUT2D eigenvalue weighted by atomic mass is 35.5. The van der Waals surface area contributed by atoms with Crippen molar-refractivity contribution in [2.45, 2.75) is 32.4 Å². The van der Waals surface area contributed by atoms with Crippen LogP contribution in [0.25, 0.3) is 16.8 Å². The Labute approximate surface area is 153 Å². The zero-order valence-corrected chi connectivity index (χ0v) is 14.9. The first-order valence-electron chi connectivity index (χ1n) is 7.53. The highest BCUT2D eigenvalue weighted by molar-refractivity contribution is 6.35. The first-order valence-corrected chi connectivity index (χ1v) is 7.91. The van der Waals surface area contributed by atoms with Crippen molar-refractivity contribution in [3.63, 3.8) is 0 Å². The number of nitrogens with zero attached hydrogens (tertiary/aromatic N) is 2. The Bertz CT molecular complexity index is 1140. The third-order valence-electron chi connectivity index (χ3n) is 3.65. The van der Waals surface area contributed by atoms with Gasteiger partial charge in [0.05, 0.1) is 5.02 Å². The average molecular weight is 406 g/mol. The van der Waals surface area contributed by atoms with Gasteiger partial charge in [-0.05, 0) is 6.07 Å². The Morgan fingerprint density at radius 2 is 1.81 bits per heavy atom. The van der Waals surface area contributed by atoms with E-state index in [0.29, 0.717) is 0 Å². The van der Waals surface area contributed by atoms with Gasteiger partial charge in [-0.15, -0.1) is 0 Å². The predicted octanol–water partition coefficient (Wildman–Crippen LogP) is 3.78. The van der Waals surface area contributed by atoms with Crippen molar-refractivity contribution in [1.82, 2.24) is 14.5 Å². The van der Waals surface area contributed by atoms with Gasteiger partial charge in [-0.2, -0.15) is 13.2 Å². The Morgan fingerprint density at radius 3 is 2.33 bits per heavy atom. The number of aromatic amines is 1. The van der Waals surface area contributed by atoms with Crippen LogP contribution in [0.4, 0.5) is 17.6 Å². The van der Waals surface area contributed by atoms with E-state index in [4.69, 9.17) is 16.0 Å². The lowest BCUT2D eigenvalue weighted by atomic mass is 9.97. The van der Waals surface area contributed by atoms with Gasteiger partial charge in [-0.25, -0.2) is 18.7 Å². The largest absolute Gasteiger partial charge is 0.438 e. The Balaban J connectivity index is 2.41. The molecule has 27 heavy (non-hydrogen) atoms. The van der Waals surface area contributed by atoms with Gasteiger partial charge in [0.2, 0.25) is 5.89 Å². The maximum absolute atomic E-state index is 14.6. The van der Waals surface area contributed by atoms with Gasteiger partial charge in [-0.1, -0.05) is 32.4 Å². The molecule has 11 heteroatoms. The number of alkyl halides is 3. The third kappa shape index (κ3) is 3.25. The molecule has 1 N–H and O–H groups in total. The Hall–Kier alpha value is -2.62. The standard InChI is InChI=1S/C16H12ClF4N3O3/c1-15(2,3)13-23-10-6(17)4-7(18)11(12(10)27-13)24-9(25)5-8(16(19,20)21)22-14(24)26/h4-5H,1-3H3,(H,22,26). The summed E-state index contributed by atoms with van der Waals surface area (Å²) in [4.78, 5) is 30.0. The van der Waals surface area contributed by atoms with Gasteiger partial charge >= 0.3 is 11.9 Å². The van der Waals surface area contributed by atoms with Crippen molar-refractivity contribution >= 4 is 22.7 Å². The van der Waals surface area contributed by atoms with E-state index >= 15 is 0 Å². The number of rotatable bonds is 1. The van der Waals surface area contributed by atoms with Crippen LogP contribution in [0.3, 0.4) is 0 Å². The zero-order chi connectivity index (χ0) is 20.3. The summed E-state index contributed by atoms with van der Waals surface area (Å²) < 4.78 is 58.6. The fraction of sp³-hybridized carbons (Fsp3) is 0.312. The summed E-state index contributed by atoms with van der Waals surface area (Å²) >= 11 is 5.97. The van der Waals surface area contributed by atoms with Crippen LogP contribution in [0, 0.1) is 5.82 Å². The van der Waals surface area contributed by atoms with Crippen molar-refractivity contribution in [1.29, 1.82) is 0 Å². The summed E-state index contributed by atoms with van der Waals surface area (Å²) in [6.07, 6.45) is -4.95. The molecule has 0 bridgehead atoms. The number of hydrogen-bond donors (Lipinski definition) is 1. The van der Waals surface area contributed by atoms with Crippen LogP contribution in [-0.4, -0.2) is 14.5 Å². The van der Waals surface area contributed by atoms with Gasteiger partial charge in [0.25, 0.3) is 5.56 Å². The SMILES string of the molecule is CC(C)(C)c1nc2c(Cl)cc(F)c(-n3c(=O)cc(C(F)(F)F)[nH]c3=O)c2o1. The van der Waals surface area contributed by atoms with Crippen molar-refractivity contribution in [3.05, 3.63) is 55.4 Å². The number of benzene rings is 1. The molecule has 0 unspecified atom stereocenters. The molecule has 1 aromatic carbocycles. The van der Waals surface area contributed by atoms with Crippen LogP contribution in [0.2, 0.25) is 5.02 Å². The number of fused-ring (bicyclic) bond motifs is 1. The molecule has 6 nitrogen and oxygen atoms in total. The van der Waals surface area contributed by atoms with Crippen LogP contribution in [0.15, 0.2) is 26.1 Å². The van der Waals surface area contributed by atoms with E-state index in [2.05, 4.69) is 4.98 Å². The molecule has 0 saturated carbocycles. The van der Waals surface area contributed by atoms with Gasteiger partial charge < -0.3 is 9.40 Å². The molecule has 0 fully saturated rings. The fourth-order valence-corrected chi connectivity index (χ4v) is 2.61. The normalized spacial score (nSPS) is 12.7. The molecule has 3 rings (SSSR count). The first-order chi connectivity index (χ1) is 12.3. The quantitative estimate of drug-likeness (QED) is 0.625. The second-order valence-corrected chi connectivity index (χ2v) is 7.20. The Kier molecular flexibility index (Phi) is 4.22. The maximum Gasteiger partial charge on any atom is 0.431 e. The van der Waals surface area contributed by atoms with Crippen molar-refractivity contribution in [2.24, 2.45) is 0 Å². The van der Waals surface area contributed by atoms with Crippen molar-refractivity contribution in [3.8, 4) is 5.69 Å². The second kappa shape index (κ2) is 5.95. The van der Waals surface area contributed by atoms with Crippen LogP contribution in [-0.2, 0) is 11.6 Å². The van der Waals surface area contributed by atoms with Gasteiger partial charge in [0, 0.05) is 11.5 Å². The fourth-order valence-electron chi connectivity index (χ4n) is 2.39.